The van der Waals surface area contributed by atoms with Gasteiger partial charge in [0.25, 0.3) is 0 Å². The minimum Gasteiger partial charge on any atom is -0.351 e. The molecule has 0 atom stereocenters. The molecule has 1 heterocycles. The van der Waals surface area contributed by atoms with Crippen molar-refractivity contribution in [2.45, 2.75) is 12.7 Å². The molecular weight excluding hydrogens is 391 g/mol. The average Bonchev–Trinajstić information content (AvgIpc) is 2.66. The molecule has 28 heavy (non-hydrogen) atoms. The van der Waals surface area contributed by atoms with Crippen LogP contribution in [0, 0.1) is 0 Å². The number of anilines is 1. The number of pyridine rings is 1. The van der Waals surface area contributed by atoms with Crippen molar-refractivity contribution in [3.8, 4) is 11.1 Å². The van der Waals surface area contributed by atoms with Crippen LogP contribution in [0.1, 0.15) is 11.1 Å². The Hall–Kier alpha value is -3.06. The fourth-order valence-corrected chi connectivity index (χ4v) is 2.98. The molecule has 2 N–H and O–H groups in total. The van der Waals surface area contributed by atoms with Gasteiger partial charge in [-0.05, 0) is 47.0 Å². The highest BCUT2D eigenvalue weighted by atomic mass is 35.5. The predicted octanol–water partition coefficient (Wildman–Crippen LogP) is 5.51. The molecule has 0 spiro atoms. The van der Waals surface area contributed by atoms with Gasteiger partial charge in [0.2, 0.25) is 0 Å². The van der Waals surface area contributed by atoms with E-state index in [-0.39, 0.29) is 12.2 Å². The zero-order valence-electron chi connectivity index (χ0n) is 14.4. The molecule has 0 fully saturated rings. The summed E-state index contributed by atoms with van der Waals surface area (Å²) < 4.78 is 39.4. The van der Waals surface area contributed by atoms with Gasteiger partial charge in [-0.1, -0.05) is 35.9 Å². The minimum atomic E-state index is -4.64. The Morgan fingerprint density at radius 2 is 1.82 bits per heavy atom. The van der Waals surface area contributed by atoms with Gasteiger partial charge in [-0.25, -0.2) is 4.79 Å². The number of alkyl halides is 3. The molecule has 2 aromatic carbocycles. The number of hydrogen-bond acceptors (Lipinski definition) is 2. The minimum absolute atomic E-state index is 0.00235. The van der Waals surface area contributed by atoms with Gasteiger partial charge in [0.15, 0.2) is 0 Å². The molecule has 0 saturated heterocycles. The Kier molecular flexibility index (Phi) is 5.56. The molecule has 0 unspecified atom stereocenters. The SMILES string of the molecule is NC(=O)N(Cc1cccc(-c2cccnc2)c1)c1ccc(Cl)c(C(F)(F)F)c1. The summed E-state index contributed by atoms with van der Waals surface area (Å²) in [5.74, 6) is 0. The third-order valence-corrected chi connectivity index (χ3v) is 4.43. The monoisotopic (exact) mass is 405 g/mol. The van der Waals surface area contributed by atoms with Crippen LogP contribution in [0.5, 0.6) is 0 Å². The summed E-state index contributed by atoms with van der Waals surface area (Å²) in [4.78, 5) is 17.1. The highest BCUT2D eigenvalue weighted by molar-refractivity contribution is 6.31. The summed E-state index contributed by atoms with van der Waals surface area (Å²) in [5, 5.41) is -0.445. The van der Waals surface area contributed by atoms with E-state index in [2.05, 4.69) is 4.98 Å². The molecule has 144 valence electrons. The first-order chi connectivity index (χ1) is 13.3. The summed E-state index contributed by atoms with van der Waals surface area (Å²) in [6.45, 7) is 0.00235. The summed E-state index contributed by atoms with van der Waals surface area (Å²) in [5.41, 5.74) is 6.85. The maximum atomic E-state index is 13.1. The number of halogens is 4. The molecule has 0 bridgehead atoms. The van der Waals surface area contributed by atoms with Gasteiger partial charge in [-0.2, -0.15) is 13.2 Å². The van der Waals surface area contributed by atoms with E-state index in [9.17, 15) is 18.0 Å². The summed E-state index contributed by atoms with van der Waals surface area (Å²) in [7, 11) is 0. The lowest BCUT2D eigenvalue weighted by Crippen LogP contribution is -2.35. The Morgan fingerprint density at radius 3 is 2.46 bits per heavy atom. The van der Waals surface area contributed by atoms with Crippen LogP contribution in [-0.2, 0) is 12.7 Å². The van der Waals surface area contributed by atoms with Crippen molar-refractivity contribution < 1.29 is 18.0 Å². The number of hydrogen-bond donors (Lipinski definition) is 1. The molecule has 3 rings (SSSR count). The number of rotatable bonds is 4. The van der Waals surface area contributed by atoms with Crippen LogP contribution < -0.4 is 10.6 Å². The zero-order valence-corrected chi connectivity index (χ0v) is 15.2. The van der Waals surface area contributed by atoms with Gasteiger partial charge >= 0.3 is 12.2 Å². The van der Waals surface area contributed by atoms with Gasteiger partial charge in [-0.3, -0.25) is 9.88 Å². The summed E-state index contributed by atoms with van der Waals surface area (Å²) in [6.07, 6.45) is -1.29. The van der Waals surface area contributed by atoms with E-state index in [0.717, 1.165) is 28.2 Å². The predicted molar refractivity (Wildman–Crippen MR) is 102 cm³/mol. The van der Waals surface area contributed by atoms with Gasteiger partial charge < -0.3 is 5.73 Å². The van der Waals surface area contributed by atoms with Crippen molar-refractivity contribution in [2.24, 2.45) is 5.73 Å². The number of benzene rings is 2. The number of aromatic nitrogens is 1. The van der Waals surface area contributed by atoms with Crippen molar-refractivity contribution in [1.29, 1.82) is 0 Å². The Morgan fingerprint density at radius 1 is 1.07 bits per heavy atom. The molecule has 0 aliphatic rings. The topological polar surface area (TPSA) is 59.2 Å². The third kappa shape index (κ3) is 4.43. The molecule has 0 aliphatic carbocycles. The largest absolute Gasteiger partial charge is 0.417 e. The van der Waals surface area contributed by atoms with Crippen LogP contribution in [0.4, 0.5) is 23.7 Å². The van der Waals surface area contributed by atoms with Crippen LogP contribution in [0.15, 0.2) is 67.0 Å². The van der Waals surface area contributed by atoms with E-state index >= 15 is 0 Å². The van der Waals surface area contributed by atoms with Crippen molar-refractivity contribution in [1.82, 2.24) is 4.98 Å². The number of carbonyl (C=O) groups is 1. The lowest BCUT2D eigenvalue weighted by atomic mass is 10.0. The summed E-state index contributed by atoms with van der Waals surface area (Å²) in [6, 6.07) is 13.3. The molecule has 1 aromatic heterocycles. The lowest BCUT2D eigenvalue weighted by molar-refractivity contribution is -0.137. The van der Waals surface area contributed by atoms with Crippen molar-refractivity contribution in [3.05, 3.63) is 83.1 Å². The van der Waals surface area contributed by atoms with Crippen LogP contribution in [0.3, 0.4) is 0 Å². The number of amides is 2. The molecule has 3 aromatic rings. The molecular formula is C20H15ClF3N3O. The standard InChI is InChI=1S/C20H15ClF3N3O/c21-18-7-6-16(10-17(18)20(22,23)24)27(19(25)28)12-13-3-1-4-14(9-13)15-5-2-8-26-11-15/h1-11H,12H2,(H2,25,28). The second-order valence-electron chi connectivity index (χ2n) is 6.03. The molecule has 0 radical (unpaired) electrons. The molecule has 8 heteroatoms. The zero-order chi connectivity index (χ0) is 20.3. The number of nitrogens with zero attached hydrogens (tertiary/aromatic N) is 2. The first kappa shape index (κ1) is 19.7. The van der Waals surface area contributed by atoms with Crippen LogP contribution in [0.25, 0.3) is 11.1 Å². The van der Waals surface area contributed by atoms with Gasteiger partial charge in [0, 0.05) is 18.1 Å². The van der Waals surface area contributed by atoms with E-state index in [0.29, 0.717) is 5.56 Å². The molecule has 0 aliphatic heterocycles. The Balaban J connectivity index is 1.94. The van der Waals surface area contributed by atoms with E-state index in [4.69, 9.17) is 17.3 Å². The van der Waals surface area contributed by atoms with Gasteiger partial charge in [-0.15, -0.1) is 0 Å². The molecule has 4 nitrogen and oxygen atoms in total. The first-order valence-corrected chi connectivity index (χ1v) is 8.56. The first-order valence-electron chi connectivity index (χ1n) is 8.19. The van der Waals surface area contributed by atoms with Crippen LogP contribution >= 0.6 is 11.6 Å². The van der Waals surface area contributed by atoms with Crippen LogP contribution in [-0.4, -0.2) is 11.0 Å². The highest BCUT2D eigenvalue weighted by Crippen LogP contribution is 2.37. The summed E-state index contributed by atoms with van der Waals surface area (Å²) >= 11 is 5.65. The maximum absolute atomic E-state index is 13.1. The van der Waals surface area contributed by atoms with Gasteiger partial charge in [0.05, 0.1) is 17.1 Å². The van der Waals surface area contributed by atoms with Crippen LogP contribution in [0.2, 0.25) is 5.02 Å². The Bertz CT molecular complexity index is 993. The number of urea groups is 1. The lowest BCUT2D eigenvalue weighted by Gasteiger charge is -2.22. The van der Waals surface area contributed by atoms with Gasteiger partial charge in [0.1, 0.15) is 0 Å². The van der Waals surface area contributed by atoms with Crippen molar-refractivity contribution in [2.75, 3.05) is 4.90 Å². The van der Waals surface area contributed by atoms with E-state index < -0.39 is 22.8 Å². The number of primary amides is 1. The normalized spacial score (nSPS) is 11.3. The maximum Gasteiger partial charge on any atom is 0.417 e. The van der Waals surface area contributed by atoms with E-state index in [1.54, 1.807) is 30.6 Å². The smallest absolute Gasteiger partial charge is 0.351 e. The fraction of sp³-hybridized carbons (Fsp3) is 0.100. The van der Waals surface area contributed by atoms with Crippen molar-refractivity contribution in [3.63, 3.8) is 0 Å². The van der Waals surface area contributed by atoms with E-state index in [1.165, 1.54) is 6.07 Å². The second-order valence-corrected chi connectivity index (χ2v) is 6.44. The quantitative estimate of drug-likeness (QED) is 0.622. The molecule has 2 amide bonds. The number of nitrogens with two attached hydrogens (primary N) is 1. The number of carbonyl (C=O) groups excluding carboxylic acids is 1. The van der Waals surface area contributed by atoms with Crippen molar-refractivity contribution >= 4 is 23.3 Å². The third-order valence-electron chi connectivity index (χ3n) is 4.10. The second kappa shape index (κ2) is 7.90. The fourth-order valence-electron chi connectivity index (χ4n) is 2.76. The highest BCUT2D eigenvalue weighted by Gasteiger charge is 2.34. The Labute approximate surface area is 164 Å². The average molecular weight is 406 g/mol. The molecule has 0 saturated carbocycles. The van der Waals surface area contributed by atoms with E-state index in [1.807, 2.05) is 18.2 Å².